The van der Waals surface area contributed by atoms with E-state index in [2.05, 4.69) is 22.6 Å². The lowest BCUT2D eigenvalue weighted by Crippen LogP contribution is -2.52. The molecule has 5 nitrogen and oxygen atoms in total. The molecule has 1 aromatic rings. The molecule has 0 fully saturated rings. The molecular formula is C16H23N3O2. The zero-order chi connectivity index (χ0) is 15.5. The van der Waals surface area contributed by atoms with Crippen LogP contribution in [0.25, 0.3) is 0 Å². The summed E-state index contributed by atoms with van der Waals surface area (Å²) in [4.78, 5) is 12.7. The van der Waals surface area contributed by atoms with E-state index in [1.54, 1.807) is 0 Å². The van der Waals surface area contributed by atoms with Gasteiger partial charge in [-0.25, -0.2) is 0 Å². The fourth-order valence-electron chi connectivity index (χ4n) is 3.13. The summed E-state index contributed by atoms with van der Waals surface area (Å²) < 4.78 is 0. The smallest absolute Gasteiger partial charge is 0.234 e. The Morgan fingerprint density at radius 2 is 1.86 bits per heavy atom. The van der Waals surface area contributed by atoms with Crippen LogP contribution in [0, 0.1) is 5.41 Å². The molecule has 1 aliphatic carbocycles. The standard InChI is InChI=1S/C16H23N3O2/c1-3-16(4-2,14(17)19-21)15(20)18-13-9-11-7-5-6-8-12(11)10-13/h5-8,13,21H,3-4,9-10H2,1-2H3,(H2,17,19)(H,18,20). The predicted octanol–water partition coefficient (Wildman–Crippen LogP) is 1.82. The van der Waals surface area contributed by atoms with Gasteiger partial charge in [0.05, 0.1) is 0 Å². The molecule has 0 bridgehead atoms. The molecule has 4 N–H and O–H groups in total. The summed E-state index contributed by atoms with van der Waals surface area (Å²) in [6.45, 7) is 3.76. The van der Waals surface area contributed by atoms with Crippen molar-refractivity contribution in [2.24, 2.45) is 16.3 Å². The van der Waals surface area contributed by atoms with Gasteiger partial charge >= 0.3 is 0 Å². The normalized spacial score (nSPS) is 15.8. The Kier molecular flexibility index (Phi) is 4.50. The molecule has 2 rings (SSSR count). The van der Waals surface area contributed by atoms with Gasteiger partial charge < -0.3 is 16.3 Å². The molecule has 0 heterocycles. The van der Waals surface area contributed by atoms with E-state index in [1.165, 1.54) is 11.1 Å². The predicted molar refractivity (Wildman–Crippen MR) is 82.2 cm³/mol. The second-order valence-corrected chi connectivity index (χ2v) is 5.62. The molecule has 1 aliphatic rings. The maximum Gasteiger partial charge on any atom is 0.234 e. The molecule has 0 unspecified atom stereocenters. The van der Waals surface area contributed by atoms with Gasteiger partial charge in [0.1, 0.15) is 5.41 Å². The minimum atomic E-state index is -0.927. The number of rotatable bonds is 5. The summed E-state index contributed by atoms with van der Waals surface area (Å²) in [5.41, 5.74) is 7.41. The Balaban J connectivity index is 2.11. The Morgan fingerprint density at radius 3 is 2.29 bits per heavy atom. The molecular weight excluding hydrogens is 266 g/mol. The van der Waals surface area contributed by atoms with E-state index in [9.17, 15) is 4.79 Å². The van der Waals surface area contributed by atoms with Crippen molar-refractivity contribution in [2.75, 3.05) is 0 Å². The first-order valence-electron chi connectivity index (χ1n) is 7.43. The number of nitrogens with one attached hydrogen (secondary N) is 1. The first-order chi connectivity index (χ1) is 10.1. The highest BCUT2D eigenvalue weighted by Crippen LogP contribution is 2.29. The van der Waals surface area contributed by atoms with Crippen LogP contribution >= 0.6 is 0 Å². The van der Waals surface area contributed by atoms with Crippen molar-refractivity contribution in [3.63, 3.8) is 0 Å². The zero-order valence-electron chi connectivity index (χ0n) is 12.6. The van der Waals surface area contributed by atoms with Crippen molar-refractivity contribution in [1.82, 2.24) is 5.32 Å². The second kappa shape index (κ2) is 6.16. The Morgan fingerprint density at radius 1 is 1.33 bits per heavy atom. The molecule has 0 radical (unpaired) electrons. The number of oxime groups is 1. The van der Waals surface area contributed by atoms with Crippen molar-refractivity contribution in [3.05, 3.63) is 35.4 Å². The van der Waals surface area contributed by atoms with E-state index in [4.69, 9.17) is 10.9 Å². The van der Waals surface area contributed by atoms with Gasteiger partial charge in [-0.1, -0.05) is 43.3 Å². The van der Waals surface area contributed by atoms with Crippen molar-refractivity contribution in [1.29, 1.82) is 0 Å². The lowest BCUT2D eigenvalue weighted by Gasteiger charge is -2.30. The number of amidine groups is 1. The molecule has 0 spiro atoms. The number of amides is 1. The summed E-state index contributed by atoms with van der Waals surface area (Å²) >= 11 is 0. The van der Waals surface area contributed by atoms with Crippen molar-refractivity contribution in [3.8, 4) is 0 Å². The van der Waals surface area contributed by atoms with Crippen LogP contribution in [0.1, 0.15) is 37.8 Å². The van der Waals surface area contributed by atoms with Crippen LogP contribution in [0.4, 0.5) is 0 Å². The maximum atomic E-state index is 12.7. The summed E-state index contributed by atoms with van der Waals surface area (Å²) in [6.07, 6.45) is 2.68. The average Bonchev–Trinajstić information content (AvgIpc) is 2.90. The molecule has 0 aromatic heterocycles. The summed E-state index contributed by atoms with van der Waals surface area (Å²) in [6, 6.07) is 8.30. The van der Waals surface area contributed by atoms with E-state index in [1.807, 2.05) is 26.0 Å². The van der Waals surface area contributed by atoms with Crippen LogP contribution in [0.15, 0.2) is 29.4 Å². The van der Waals surface area contributed by atoms with Gasteiger partial charge in [0, 0.05) is 6.04 Å². The van der Waals surface area contributed by atoms with Crippen LogP contribution in [0.2, 0.25) is 0 Å². The number of benzene rings is 1. The van der Waals surface area contributed by atoms with E-state index in [-0.39, 0.29) is 17.8 Å². The van der Waals surface area contributed by atoms with Gasteiger partial charge in [0.2, 0.25) is 5.91 Å². The topological polar surface area (TPSA) is 87.7 Å². The molecule has 0 aliphatic heterocycles. The van der Waals surface area contributed by atoms with Gasteiger partial charge in [-0.2, -0.15) is 0 Å². The zero-order valence-corrected chi connectivity index (χ0v) is 12.6. The summed E-state index contributed by atoms with van der Waals surface area (Å²) in [7, 11) is 0. The van der Waals surface area contributed by atoms with E-state index >= 15 is 0 Å². The Bertz CT molecular complexity index is 525. The molecule has 5 heteroatoms. The number of hydrogen-bond acceptors (Lipinski definition) is 3. The summed E-state index contributed by atoms with van der Waals surface area (Å²) in [5.74, 6) is -0.166. The average molecular weight is 289 g/mol. The van der Waals surface area contributed by atoms with Crippen LogP contribution in [0.3, 0.4) is 0 Å². The third-order valence-electron chi connectivity index (χ3n) is 4.63. The number of hydrogen-bond donors (Lipinski definition) is 3. The van der Waals surface area contributed by atoms with Crippen LogP contribution in [-0.2, 0) is 17.6 Å². The minimum absolute atomic E-state index is 0.0134. The van der Waals surface area contributed by atoms with Crippen molar-refractivity contribution in [2.45, 2.75) is 45.6 Å². The number of carbonyl (C=O) groups is 1. The minimum Gasteiger partial charge on any atom is -0.409 e. The number of fused-ring (bicyclic) bond motifs is 1. The van der Waals surface area contributed by atoms with Gasteiger partial charge in [-0.15, -0.1) is 0 Å². The number of carbonyl (C=O) groups excluding carboxylic acids is 1. The third kappa shape index (κ3) is 2.73. The summed E-state index contributed by atoms with van der Waals surface area (Å²) in [5, 5.41) is 15.1. The molecule has 0 atom stereocenters. The molecule has 0 saturated carbocycles. The fourth-order valence-corrected chi connectivity index (χ4v) is 3.13. The van der Waals surface area contributed by atoms with Gasteiger partial charge in [-0.3, -0.25) is 4.79 Å². The van der Waals surface area contributed by atoms with Crippen molar-refractivity contribution < 1.29 is 10.0 Å². The highest BCUT2D eigenvalue weighted by atomic mass is 16.4. The maximum absolute atomic E-state index is 12.7. The SMILES string of the molecule is CCC(CC)(C(=O)NC1Cc2ccccc2C1)/C(N)=N/O. The lowest BCUT2D eigenvalue weighted by atomic mass is 9.80. The molecule has 1 aromatic carbocycles. The molecule has 114 valence electrons. The van der Waals surface area contributed by atoms with Gasteiger partial charge in [0.25, 0.3) is 0 Å². The first-order valence-corrected chi connectivity index (χ1v) is 7.43. The Hall–Kier alpha value is -2.04. The Labute approximate surface area is 125 Å². The first kappa shape index (κ1) is 15.4. The van der Waals surface area contributed by atoms with E-state index in [0.29, 0.717) is 12.8 Å². The van der Waals surface area contributed by atoms with Crippen LogP contribution in [-0.4, -0.2) is 23.0 Å². The monoisotopic (exact) mass is 289 g/mol. The highest BCUT2D eigenvalue weighted by molar-refractivity contribution is 6.06. The van der Waals surface area contributed by atoms with Gasteiger partial charge in [0.15, 0.2) is 5.84 Å². The van der Waals surface area contributed by atoms with Crippen LogP contribution in [0.5, 0.6) is 0 Å². The van der Waals surface area contributed by atoms with E-state index < -0.39 is 5.41 Å². The molecule has 1 amide bonds. The molecule has 21 heavy (non-hydrogen) atoms. The number of nitrogens with two attached hydrogens (primary N) is 1. The third-order valence-corrected chi connectivity index (χ3v) is 4.63. The van der Waals surface area contributed by atoms with Gasteiger partial charge in [-0.05, 0) is 36.8 Å². The fraction of sp³-hybridized carbons (Fsp3) is 0.500. The quantitative estimate of drug-likeness (QED) is 0.334. The van der Waals surface area contributed by atoms with E-state index in [0.717, 1.165) is 12.8 Å². The lowest BCUT2D eigenvalue weighted by molar-refractivity contribution is -0.128. The highest BCUT2D eigenvalue weighted by Gasteiger charge is 2.41. The van der Waals surface area contributed by atoms with Crippen LogP contribution < -0.4 is 11.1 Å². The second-order valence-electron chi connectivity index (χ2n) is 5.62. The molecule has 0 saturated heterocycles. The largest absolute Gasteiger partial charge is 0.409 e. The number of nitrogens with zero attached hydrogens (tertiary/aromatic N) is 1. The van der Waals surface area contributed by atoms with Crippen molar-refractivity contribution >= 4 is 11.7 Å².